The topological polar surface area (TPSA) is 79.1 Å². The van der Waals surface area contributed by atoms with Crippen LogP contribution in [0.3, 0.4) is 0 Å². The summed E-state index contributed by atoms with van der Waals surface area (Å²) in [5, 5.41) is 15.4. The van der Waals surface area contributed by atoms with E-state index in [1.54, 1.807) is 24.4 Å². The lowest BCUT2D eigenvalue weighted by molar-refractivity contribution is 0.0744. The third-order valence-corrected chi connectivity index (χ3v) is 5.92. The number of nitrogens with one attached hydrogen (secondary N) is 2. The molecule has 1 aromatic carbocycles. The van der Waals surface area contributed by atoms with Gasteiger partial charge < -0.3 is 19.9 Å². The fraction of sp³-hybridized carbons (Fsp3) is 0.455. The molecule has 0 spiro atoms. The van der Waals surface area contributed by atoms with Crippen LogP contribution in [-0.2, 0) is 4.74 Å². The zero-order chi connectivity index (χ0) is 20.2. The second kappa shape index (κ2) is 8.66. The highest BCUT2D eigenvalue weighted by atomic mass is 19.1. The van der Waals surface area contributed by atoms with Crippen LogP contribution in [0.15, 0.2) is 42.7 Å². The molecule has 2 heterocycles. The highest BCUT2D eigenvalue weighted by molar-refractivity contribution is 5.68. The number of alkyl carbamates (subject to hydrolysis) is 1. The van der Waals surface area contributed by atoms with E-state index in [9.17, 15) is 9.18 Å². The van der Waals surface area contributed by atoms with Crippen molar-refractivity contribution < 1.29 is 13.9 Å². The van der Waals surface area contributed by atoms with Crippen LogP contribution in [0, 0.1) is 17.1 Å². The number of benzene rings is 1. The number of amides is 1. The third kappa shape index (κ3) is 4.60. The Morgan fingerprint density at radius 2 is 2.10 bits per heavy atom. The van der Waals surface area contributed by atoms with E-state index in [0.717, 1.165) is 37.9 Å². The molecular formula is C22H25FN4O2. The number of carbonyl (C=O) groups is 1. The lowest BCUT2D eigenvalue weighted by Gasteiger charge is -2.26. The van der Waals surface area contributed by atoms with Crippen LogP contribution >= 0.6 is 0 Å². The first-order chi connectivity index (χ1) is 14.1. The Morgan fingerprint density at radius 1 is 1.28 bits per heavy atom. The lowest BCUT2D eigenvalue weighted by Crippen LogP contribution is -2.46. The Labute approximate surface area is 169 Å². The lowest BCUT2D eigenvalue weighted by atomic mass is 9.97. The molecule has 1 saturated carbocycles. The van der Waals surface area contributed by atoms with Crippen molar-refractivity contribution in [2.24, 2.45) is 0 Å². The largest absolute Gasteiger partial charge is 0.444 e. The zero-order valence-electron chi connectivity index (χ0n) is 16.2. The van der Waals surface area contributed by atoms with E-state index in [2.05, 4.69) is 16.7 Å². The smallest absolute Gasteiger partial charge is 0.407 e. The van der Waals surface area contributed by atoms with Gasteiger partial charge >= 0.3 is 6.09 Å². The molecule has 2 aliphatic rings. The standard InChI is InChI=1S/C22H25FN4O2/c23-18-5-3-16(4-6-18)17-10-20(27-9-7-15(12-24)14-27)21(11-17)29-22(28)26-19-2-1-8-25-13-19/h3-7,9,14,17,19-21,25H,1-2,8,10-11,13H2,(H,26,28). The average Bonchev–Trinajstić information content (AvgIpc) is 3.36. The van der Waals surface area contributed by atoms with Crippen molar-refractivity contribution in [1.82, 2.24) is 15.2 Å². The molecule has 1 aliphatic heterocycles. The van der Waals surface area contributed by atoms with E-state index in [0.29, 0.717) is 12.0 Å². The van der Waals surface area contributed by atoms with Gasteiger partial charge in [0.25, 0.3) is 0 Å². The van der Waals surface area contributed by atoms with Crippen LogP contribution in [0.2, 0.25) is 0 Å². The molecule has 2 aromatic rings. The normalized spacial score (nSPS) is 26.6. The Kier molecular flexibility index (Phi) is 5.81. The Morgan fingerprint density at radius 3 is 2.79 bits per heavy atom. The van der Waals surface area contributed by atoms with E-state index in [4.69, 9.17) is 10.00 Å². The molecule has 4 rings (SSSR count). The van der Waals surface area contributed by atoms with Crippen LogP contribution in [-0.4, -0.2) is 35.9 Å². The Hall–Kier alpha value is -2.85. The van der Waals surface area contributed by atoms with Crippen LogP contribution in [0.25, 0.3) is 0 Å². The summed E-state index contributed by atoms with van der Waals surface area (Å²) in [4.78, 5) is 12.5. The molecule has 0 radical (unpaired) electrons. The van der Waals surface area contributed by atoms with E-state index in [-0.39, 0.29) is 29.9 Å². The van der Waals surface area contributed by atoms with Gasteiger partial charge in [0, 0.05) is 25.0 Å². The maximum absolute atomic E-state index is 13.3. The number of hydrogen-bond acceptors (Lipinski definition) is 4. The molecular weight excluding hydrogens is 371 g/mol. The fourth-order valence-corrected chi connectivity index (χ4v) is 4.42. The van der Waals surface area contributed by atoms with Crippen LogP contribution in [0.1, 0.15) is 48.8 Å². The van der Waals surface area contributed by atoms with Crippen LogP contribution in [0.4, 0.5) is 9.18 Å². The number of aromatic nitrogens is 1. The molecule has 2 fully saturated rings. The number of rotatable bonds is 4. The van der Waals surface area contributed by atoms with Crippen molar-refractivity contribution in [3.63, 3.8) is 0 Å². The van der Waals surface area contributed by atoms with Gasteiger partial charge in [0.2, 0.25) is 0 Å². The van der Waals surface area contributed by atoms with Gasteiger partial charge in [-0.05, 0) is 61.9 Å². The van der Waals surface area contributed by atoms with Crippen molar-refractivity contribution in [3.8, 4) is 6.07 Å². The van der Waals surface area contributed by atoms with Crippen molar-refractivity contribution in [2.75, 3.05) is 13.1 Å². The van der Waals surface area contributed by atoms with Crippen molar-refractivity contribution >= 4 is 6.09 Å². The first-order valence-electron chi connectivity index (χ1n) is 10.1. The minimum atomic E-state index is -0.402. The summed E-state index contributed by atoms with van der Waals surface area (Å²) in [5.74, 6) is -0.108. The van der Waals surface area contributed by atoms with Crippen LogP contribution < -0.4 is 10.6 Å². The summed E-state index contributed by atoms with van der Waals surface area (Å²) in [6.07, 6.45) is 6.32. The molecule has 1 saturated heterocycles. The summed E-state index contributed by atoms with van der Waals surface area (Å²) >= 11 is 0. The highest BCUT2D eigenvalue weighted by Gasteiger charge is 2.39. The molecule has 6 nitrogen and oxygen atoms in total. The molecule has 0 bridgehead atoms. The van der Waals surface area contributed by atoms with Gasteiger partial charge in [-0.2, -0.15) is 5.26 Å². The number of piperidine rings is 1. The van der Waals surface area contributed by atoms with E-state index in [1.165, 1.54) is 12.1 Å². The number of ether oxygens (including phenoxy) is 1. The Bertz CT molecular complexity index is 883. The highest BCUT2D eigenvalue weighted by Crippen LogP contribution is 2.43. The summed E-state index contributed by atoms with van der Waals surface area (Å²) in [6, 6.07) is 10.4. The summed E-state index contributed by atoms with van der Waals surface area (Å²) in [7, 11) is 0. The first kappa shape index (κ1) is 19.5. The van der Waals surface area contributed by atoms with Gasteiger partial charge in [-0.15, -0.1) is 0 Å². The molecule has 152 valence electrons. The number of nitrogens with zero attached hydrogens (tertiary/aromatic N) is 2. The first-order valence-corrected chi connectivity index (χ1v) is 10.1. The van der Waals surface area contributed by atoms with Crippen molar-refractivity contribution in [1.29, 1.82) is 5.26 Å². The van der Waals surface area contributed by atoms with Gasteiger partial charge in [-0.3, -0.25) is 0 Å². The van der Waals surface area contributed by atoms with Gasteiger partial charge in [0.1, 0.15) is 18.0 Å². The summed E-state index contributed by atoms with van der Waals surface area (Å²) in [6.45, 7) is 1.73. The van der Waals surface area contributed by atoms with E-state index < -0.39 is 6.09 Å². The van der Waals surface area contributed by atoms with E-state index >= 15 is 0 Å². The third-order valence-electron chi connectivity index (χ3n) is 5.92. The predicted molar refractivity (Wildman–Crippen MR) is 106 cm³/mol. The molecule has 4 unspecified atom stereocenters. The molecule has 4 atom stereocenters. The SMILES string of the molecule is N#Cc1ccn(C2CC(c3ccc(F)cc3)CC2OC(=O)NC2CCCNC2)c1. The molecule has 1 amide bonds. The molecule has 29 heavy (non-hydrogen) atoms. The quantitative estimate of drug-likeness (QED) is 0.830. The number of halogens is 1. The number of hydrogen-bond donors (Lipinski definition) is 2. The fourth-order valence-electron chi connectivity index (χ4n) is 4.42. The Balaban J connectivity index is 1.49. The number of carbonyl (C=O) groups excluding carboxylic acids is 1. The minimum Gasteiger partial charge on any atom is -0.444 e. The van der Waals surface area contributed by atoms with Gasteiger partial charge in [0.15, 0.2) is 0 Å². The minimum absolute atomic E-state index is 0.0672. The predicted octanol–water partition coefficient (Wildman–Crippen LogP) is 3.46. The second-order valence-electron chi connectivity index (χ2n) is 7.88. The second-order valence-corrected chi connectivity index (χ2v) is 7.88. The van der Waals surface area contributed by atoms with Gasteiger partial charge in [-0.1, -0.05) is 12.1 Å². The molecule has 2 N–H and O–H groups in total. The number of nitriles is 1. The molecule has 1 aliphatic carbocycles. The van der Waals surface area contributed by atoms with Crippen LogP contribution in [0.5, 0.6) is 0 Å². The van der Waals surface area contributed by atoms with E-state index in [1.807, 2.05) is 10.8 Å². The van der Waals surface area contributed by atoms with Gasteiger partial charge in [-0.25, -0.2) is 9.18 Å². The molecule has 1 aromatic heterocycles. The maximum atomic E-state index is 13.3. The average molecular weight is 396 g/mol. The maximum Gasteiger partial charge on any atom is 0.407 e. The summed E-state index contributed by atoms with van der Waals surface area (Å²) < 4.78 is 21.1. The van der Waals surface area contributed by atoms with Crippen molar-refractivity contribution in [3.05, 3.63) is 59.7 Å². The molecule has 7 heteroatoms. The van der Waals surface area contributed by atoms with Gasteiger partial charge in [0.05, 0.1) is 11.6 Å². The van der Waals surface area contributed by atoms with Crippen molar-refractivity contribution in [2.45, 2.75) is 49.8 Å². The summed E-state index contributed by atoms with van der Waals surface area (Å²) in [5.41, 5.74) is 1.61. The monoisotopic (exact) mass is 396 g/mol. The zero-order valence-corrected chi connectivity index (χ0v) is 16.2.